The van der Waals surface area contributed by atoms with Gasteiger partial charge in [0, 0.05) is 97.6 Å². The van der Waals surface area contributed by atoms with Gasteiger partial charge in [0.15, 0.2) is 5.82 Å². The van der Waals surface area contributed by atoms with Crippen molar-refractivity contribution in [3.63, 3.8) is 0 Å². The number of imidazole rings is 1. The van der Waals surface area contributed by atoms with Crippen molar-refractivity contribution in [3.05, 3.63) is 66.0 Å². The summed E-state index contributed by atoms with van der Waals surface area (Å²) in [4.78, 5) is 89.9. The number of carbonyl (C=O) groups excluding carboxylic acids is 5. The third-order valence-corrected chi connectivity index (χ3v) is 19.1. The molecule has 3 atom stereocenters. The number of anilines is 3. The number of nitrogens with one attached hydrogen (secondary N) is 2. The number of amides is 5. The van der Waals surface area contributed by atoms with E-state index in [1.165, 1.54) is 19.3 Å². The molecule has 9 aliphatic rings. The Morgan fingerprint density at radius 2 is 1.47 bits per heavy atom. The first-order valence-corrected chi connectivity index (χ1v) is 28.2. The van der Waals surface area contributed by atoms with Crippen molar-refractivity contribution in [2.75, 3.05) is 54.4 Å². The smallest absolute Gasteiger partial charge is 0.238 e. The van der Waals surface area contributed by atoms with Gasteiger partial charge >= 0.3 is 0 Å². The molecule has 0 radical (unpaired) electrons. The second-order valence-corrected chi connectivity index (χ2v) is 23.7. The van der Waals surface area contributed by atoms with E-state index in [9.17, 15) is 19.2 Å². The fourth-order valence-corrected chi connectivity index (χ4v) is 14.7. The number of piperidine rings is 5. The molecule has 1 spiro atoms. The van der Waals surface area contributed by atoms with Crippen LogP contribution in [-0.4, -0.2) is 128 Å². The zero-order chi connectivity index (χ0) is 49.7. The molecule has 15 nitrogen and oxygen atoms in total. The summed E-state index contributed by atoms with van der Waals surface area (Å²) in [5, 5.41) is 6.18. The van der Waals surface area contributed by atoms with Crippen LogP contribution in [0.5, 0.6) is 0 Å². The Balaban J connectivity index is 0.678. The SMILES string of the molecule is CC(C)n1cnc2cc(-c3ccc4c(c3)N(C3CC(N5CCCCC5)C3)C(=O)C43CCN(C(=O)C4CC5CCC(C4)N5C(=O)C4CCN(c5ccc(C6CCC(=O)NC6=O)cc5)CC4)CC3)nc(NC3CC3)c21. The standard InChI is InChI=1S/C58H72N10O5/c1-35(2)66-34-59-49-33-48(61-53(52(49)66)60-40-9-10-40)38-8-16-47-50(30-38)68(45-31-44(32-45)63-22-4-3-5-23-63)57(73)58(47)20-26-65(27-21-58)55(71)39-28-42-13-14-43(29-39)67(42)56(72)37-18-24-64(25-19-37)41-11-6-36(7-12-41)46-15-17-51(69)62-54(46)70/h6-8,11-12,16,30,33-35,37,39-40,42-46H,3-5,9-10,13-15,17-29,31-32H2,1-2H3,(H,60,61)(H,62,69,70). The summed E-state index contributed by atoms with van der Waals surface area (Å²) in [7, 11) is 0. The van der Waals surface area contributed by atoms with Gasteiger partial charge in [-0.1, -0.05) is 30.7 Å². The summed E-state index contributed by atoms with van der Waals surface area (Å²) < 4.78 is 2.20. The Kier molecular flexibility index (Phi) is 11.9. The molecule has 3 unspecified atom stereocenters. The highest BCUT2D eigenvalue weighted by Gasteiger charge is 2.57. The van der Waals surface area contributed by atoms with Crippen LogP contribution in [0, 0.1) is 11.8 Å². The van der Waals surface area contributed by atoms with E-state index in [0.29, 0.717) is 63.7 Å². The molecular formula is C58H72N10O5. The van der Waals surface area contributed by atoms with E-state index >= 15 is 4.79 Å². The Morgan fingerprint density at radius 3 is 2.15 bits per heavy atom. The molecule has 9 heterocycles. The number of carbonyl (C=O) groups is 5. The van der Waals surface area contributed by atoms with Crippen LogP contribution >= 0.6 is 0 Å². The lowest BCUT2D eigenvalue weighted by molar-refractivity contribution is -0.148. The Hall–Kier alpha value is -5.83. The number of nitrogens with zero attached hydrogens (tertiary/aromatic N) is 8. The largest absolute Gasteiger partial charge is 0.371 e. The van der Waals surface area contributed by atoms with Crippen LogP contribution in [0.3, 0.4) is 0 Å². The molecule has 384 valence electrons. The fourth-order valence-electron chi connectivity index (χ4n) is 14.7. The summed E-state index contributed by atoms with van der Waals surface area (Å²) in [6.07, 6.45) is 17.1. The predicted octanol–water partition coefficient (Wildman–Crippen LogP) is 7.68. The zero-order valence-corrected chi connectivity index (χ0v) is 42.8. The van der Waals surface area contributed by atoms with Crippen LogP contribution in [0.15, 0.2) is 54.9 Å². The lowest BCUT2D eigenvalue weighted by Crippen LogP contribution is -2.59. The monoisotopic (exact) mass is 989 g/mol. The van der Waals surface area contributed by atoms with Gasteiger partial charge in [-0.2, -0.15) is 0 Å². The maximum Gasteiger partial charge on any atom is 0.238 e. The molecule has 4 aromatic rings. The van der Waals surface area contributed by atoms with E-state index in [-0.39, 0.29) is 71.5 Å². The topological polar surface area (TPSA) is 156 Å². The summed E-state index contributed by atoms with van der Waals surface area (Å²) in [5.41, 5.74) is 7.29. The van der Waals surface area contributed by atoms with Crippen LogP contribution in [0.2, 0.25) is 0 Å². The van der Waals surface area contributed by atoms with Crippen molar-refractivity contribution in [2.45, 2.75) is 171 Å². The summed E-state index contributed by atoms with van der Waals surface area (Å²) in [6, 6.07) is 18.4. The second-order valence-electron chi connectivity index (χ2n) is 23.7. The zero-order valence-electron chi connectivity index (χ0n) is 42.8. The summed E-state index contributed by atoms with van der Waals surface area (Å²) in [5.74, 6) is 0.693. The van der Waals surface area contributed by atoms with E-state index < -0.39 is 5.41 Å². The average molecular weight is 989 g/mol. The summed E-state index contributed by atoms with van der Waals surface area (Å²) >= 11 is 0. The lowest BCUT2D eigenvalue weighted by atomic mass is 9.73. The molecule has 73 heavy (non-hydrogen) atoms. The highest BCUT2D eigenvalue weighted by atomic mass is 16.2. The average Bonchev–Trinajstić information content (AvgIpc) is 3.98. The number of rotatable bonds is 10. The lowest BCUT2D eigenvalue weighted by Gasteiger charge is -2.48. The highest BCUT2D eigenvalue weighted by Crippen LogP contribution is 2.53. The number of hydrogen-bond acceptors (Lipinski definition) is 10. The quantitative estimate of drug-likeness (QED) is 0.151. The maximum atomic E-state index is 15.3. The number of benzene rings is 2. The molecule has 13 rings (SSSR count). The van der Waals surface area contributed by atoms with Crippen molar-refractivity contribution in [2.24, 2.45) is 11.8 Å². The molecule has 2 N–H and O–H groups in total. The molecule has 2 aromatic heterocycles. The van der Waals surface area contributed by atoms with Crippen molar-refractivity contribution in [1.82, 2.24) is 34.6 Å². The van der Waals surface area contributed by atoms with E-state index in [2.05, 4.69) is 89.9 Å². The minimum Gasteiger partial charge on any atom is -0.371 e. The number of aromatic nitrogens is 3. The first kappa shape index (κ1) is 46.9. The minimum absolute atomic E-state index is 0.0259. The van der Waals surface area contributed by atoms with Gasteiger partial charge in [0.05, 0.1) is 28.9 Å². The van der Waals surface area contributed by atoms with Gasteiger partial charge in [-0.3, -0.25) is 29.3 Å². The number of imide groups is 1. The van der Waals surface area contributed by atoms with Crippen LogP contribution in [0.4, 0.5) is 17.2 Å². The molecule has 2 saturated carbocycles. The number of pyridine rings is 1. The van der Waals surface area contributed by atoms with Crippen molar-refractivity contribution >= 4 is 57.8 Å². The fraction of sp³-hybridized carbons (Fsp3) is 0.603. The third-order valence-electron chi connectivity index (χ3n) is 19.1. The van der Waals surface area contributed by atoms with Crippen LogP contribution in [0.1, 0.15) is 146 Å². The Labute approximate surface area is 428 Å². The maximum absolute atomic E-state index is 15.3. The van der Waals surface area contributed by atoms with E-state index in [4.69, 9.17) is 9.97 Å². The molecule has 5 amide bonds. The minimum atomic E-state index is -0.670. The Morgan fingerprint density at radius 1 is 0.740 bits per heavy atom. The second kappa shape index (κ2) is 18.5. The number of fused-ring (bicyclic) bond motifs is 5. The molecule has 7 aliphatic heterocycles. The predicted molar refractivity (Wildman–Crippen MR) is 280 cm³/mol. The van der Waals surface area contributed by atoms with E-state index in [1.807, 2.05) is 18.5 Å². The van der Waals surface area contributed by atoms with Gasteiger partial charge in [0.25, 0.3) is 0 Å². The van der Waals surface area contributed by atoms with Gasteiger partial charge in [-0.05, 0) is 159 Å². The van der Waals surface area contributed by atoms with E-state index in [1.54, 1.807) is 0 Å². The normalized spacial score (nSPS) is 28.5. The Bertz CT molecular complexity index is 2820. The number of likely N-dealkylation sites (tertiary alicyclic amines) is 2. The molecule has 2 aliphatic carbocycles. The third kappa shape index (κ3) is 8.30. The van der Waals surface area contributed by atoms with Crippen molar-refractivity contribution < 1.29 is 24.0 Å². The van der Waals surface area contributed by atoms with Crippen LogP contribution in [0.25, 0.3) is 22.3 Å². The van der Waals surface area contributed by atoms with E-state index in [0.717, 1.165) is 128 Å². The van der Waals surface area contributed by atoms with Crippen molar-refractivity contribution in [1.29, 1.82) is 0 Å². The molecule has 6 saturated heterocycles. The van der Waals surface area contributed by atoms with Gasteiger partial charge < -0.3 is 34.4 Å². The number of hydrogen-bond donors (Lipinski definition) is 2. The molecule has 2 bridgehead atoms. The van der Waals surface area contributed by atoms with Gasteiger partial charge in [0.1, 0.15) is 5.52 Å². The van der Waals surface area contributed by atoms with Gasteiger partial charge in [0.2, 0.25) is 29.5 Å². The molecular weight excluding hydrogens is 917 g/mol. The van der Waals surface area contributed by atoms with Crippen LogP contribution in [-0.2, 0) is 29.4 Å². The van der Waals surface area contributed by atoms with Gasteiger partial charge in [-0.15, -0.1) is 0 Å². The van der Waals surface area contributed by atoms with Gasteiger partial charge in [-0.25, -0.2) is 9.97 Å². The highest BCUT2D eigenvalue weighted by molar-refractivity contribution is 6.09. The molecule has 2 aromatic carbocycles. The molecule has 15 heteroatoms. The first-order chi connectivity index (χ1) is 35.5. The van der Waals surface area contributed by atoms with Crippen LogP contribution < -0.4 is 20.4 Å². The summed E-state index contributed by atoms with van der Waals surface area (Å²) in [6.45, 7) is 9.36. The first-order valence-electron chi connectivity index (χ1n) is 28.2. The van der Waals surface area contributed by atoms with Crippen molar-refractivity contribution in [3.8, 4) is 11.3 Å². The molecule has 8 fully saturated rings.